The van der Waals surface area contributed by atoms with Crippen LogP contribution in [0, 0.1) is 13.8 Å². The van der Waals surface area contributed by atoms with Crippen LogP contribution in [0.15, 0.2) is 76.1 Å². The molecule has 0 atom stereocenters. The standard InChI is InChI=1S/C24H21N5O2S2/c1-15-12-16(2)26-24(25-15)33-20-10-8-18(9-11-20)27-21(30)13-19-14-32-23(28-19)29-22(31)17-6-4-3-5-7-17/h3-12,14H,13H2,1-2H3,(H,27,30)(H,28,29,31). The molecule has 2 aromatic heterocycles. The van der Waals surface area contributed by atoms with E-state index in [1.807, 2.05) is 50.2 Å². The maximum Gasteiger partial charge on any atom is 0.257 e. The van der Waals surface area contributed by atoms with Crippen LogP contribution in [0.3, 0.4) is 0 Å². The SMILES string of the molecule is Cc1cc(C)nc(Sc2ccc(NC(=O)Cc3csc(NC(=O)c4ccccc4)n3)cc2)n1. The Labute approximate surface area is 199 Å². The molecule has 0 saturated carbocycles. The first-order valence-corrected chi connectivity index (χ1v) is 11.8. The number of benzene rings is 2. The molecule has 0 aliphatic carbocycles. The molecule has 9 heteroatoms. The fourth-order valence-corrected chi connectivity index (χ4v) is 4.59. The molecule has 0 aliphatic rings. The van der Waals surface area contributed by atoms with Gasteiger partial charge in [-0.1, -0.05) is 18.2 Å². The van der Waals surface area contributed by atoms with Crippen LogP contribution in [-0.2, 0) is 11.2 Å². The number of amides is 2. The van der Waals surface area contributed by atoms with E-state index in [4.69, 9.17) is 0 Å². The fraction of sp³-hybridized carbons (Fsp3) is 0.125. The lowest BCUT2D eigenvalue weighted by molar-refractivity contribution is -0.115. The number of carbonyl (C=O) groups is 2. The summed E-state index contributed by atoms with van der Waals surface area (Å²) in [6.07, 6.45) is 0.116. The molecule has 2 aromatic carbocycles. The topological polar surface area (TPSA) is 96.9 Å². The van der Waals surface area contributed by atoms with Gasteiger partial charge in [-0.2, -0.15) is 0 Å². The lowest BCUT2D eigenvalue weighted by atomic mass is 10.2. The number of carbonyl (C=O) groups excluding carboxylic acids is 2. The van der Waals surface area contributed by atoms with Gasteiger partial charge in [0.2, 0.25) is 5.91 Å². The maximum absolute atomic E-state index is 12.4. The number of aryl methyl sites for hydroxylation is 2. The Morgan fingerprint density at radius 3 is 2.30 bits per heavy atom. The molecule has 0 aliphatic heterocycles. The molecule has 4 aromatic rings. The Bertz CT molecular complexity index is 1250. The minimum Gasteiger partial charge on any atom is -0.326 e. The summed E-state index contributed by atoms with van der Waals surface area (Å²) in [7, 11) is 0. The highest BCUT2D eigenvalue weighted by atomic mass is 32.2. The van der Waals surface area contributed by atoms with Crippen molar-refractivity contribution in [1.82, 2.24) is 15.0 Å². The smallest absolute Gasteiger partial charge is 0.257 e. The number of hydrogen-bond donors (Lipinski definition) is 2. The van der Waals surface area contributed by atoms with Crippen LogP contribution in [0.25, 0.3) is 0 Å². The Balaban J connectivity index is 1.30. The highest BCUT2D eigenvalue weighted by Gasteiger charge is 2.12. The van der Waals surface area contributed by atoms with Gasteiger partial charge in [0.05, 0.1) is 12.1 Å². The molecule has 33 heavy (non-hydrogen) atoms. The summed E-state index contributed by atoms with van der Waals surface area (Å²) in [6, 6.07) is 18.4. The average Bonchev–Trinajstić information content (AvgIpc) is 3.21. The van der Waals surface area contributed by atoms with E-state index in [0.29, 0.717) is 27.2 Å². The summed E-state index contributed by atoms with van der Waals surface area (Å²) >= 11 is 2.76. The Kier molecular flexibility index (Phi) is 7.11. The van der Waals surface area contributed by atoms with E-state index in [-0.39, 0.29) is 18.2 Å². The number of rotatable bonds is 7. The summed E-state index contributed by atoms with van der Waals surface area (Å²) in [4.78, 5) is 38.8. The normalized spacial score (nSPS) is 10.6. The van der Waals surface area contributed by atoms with Crippen LogP contribution < -0.4 is 10.6 Å². The van der Waals surface area contributed by atoms with Gasteiger partial charge in [-0.3, -0.25) is 14.9 Å². The van der Waals surface area contributed by atoms with E-state index in [0.717, 1.165) is 16.3 Å². The van der Waals surface area contributed by atoms with Crippen molar-refractivity contribution in [2.24, 2.45) is 0 Å². The first kappa shape index (κ1) is 22.6. The molecule has 0 fully saturated rings. The third-order valence-corrected chi connectivity index (χ3v) is 6.14. The number of thiazole rings is 1. The maximum atomic E-state index is 12.4. The Morgan fingerprint density at radius 1 is 0.909 bits per heavy atom. The predicted octanol–water partition coefficient (Wildman–Crippen LogP) is 5.13. The van der Waals surface area contributed by atoms with E-state index < -0.39 is 0 Å². The van der Waals surface area contributed by atoms with Gasteiger partial charge in [-0.05, 0) is 68.1 Å². The zero-order chi connectivity index (χ0) is 23.2. The monoisotopic (exact) mass is 475 g/mol. The predicted molar refractivity (Wildman–Crippen MR) is 131 cm³/mol. The molecule has 7 nitrogen and oxygen atoms in total. The van der Waals surface area contributed by atoms with Crippen molar-refractivity contribution in [2.75, 3.05) is 10.6 Å². The fourth-order valence-electron chi connectivity index (χ4n) is 3.03. The van der Waals surface area contributed by atoms with Crippen molar-refractivity contribution in [3.63, 3.8) is 0 Å². The molecule has 166 valence electrons. The van der Waals surface area contributed by atoms with Crippen molar-refractivity contribution in [3.05, 3.63) is 88.7 Å². The average molecular weight is 476 g/mol. The first-order valence-electron chi connectivity index (χ1n) is 10.2. The zero-order valence-electron chi connectivity index (χ0n) is 18.0. The molecule has 2 heterocycles. The van der Waals surface area contributed by atoms with Crippen molar-refractivity contribution >= 4 is 45.7 Å². The molecule has 0 unspecified atom stereocenters. The van der Waals surface area contributed by atoms with Crippen LogP contribution in [0.5, 0.6) is 0 Å². The second kappa shape index (κ2) is 10.4. The molecule has 2 N–H and O–H groups in total. The van der Waals surface area contributed by atoms with E-state index in [9.17, 15) is 9.59 Å². The van der Waals surface area contributed by atoms with Gasteiger partial charge in [0.25, 0.3) is 5.91 Å². The number of nitrogens with one attached hydrogen (secondary N) is 2. The summed E-state index contributed by atoms with van der Waals surface area (Å²) in [5.41, 5.74) is 3.70. The second-order valence-corrected chi connectivity index (χ2v) is 9.15. The van der Waals surface area contributed by atoms with Crippen molar-refractivity contribution in [1.29, 1.82) is 0 Å². The summed E-state index contributed by atoms with van der Waals surface area (Å²) in [6.45, 7) is 3.89. The van der Waals surface area contributed by atoms with Crippen LogP contribution in [-0.4, -0.2) is 26.8 Å². The molecule has 0 spiro atoms. The number of hydrogen-bond acceptors (Lipinski definition) is 7. The van der Waals surface area contributed by atoms with Crippen molar-refractivity contribution in [3.8, 4) is 0 Å². The zero-order valence-corrected chi connectivity index (χ0v) is 19.7. The third-order valence-electron chi connectivity index (χ3n) is 4.46. The van der Waals surface area contributed by atoms with Gasteiger partial charge < -0.3 is 5.32 Å². The Hall–Kier alpha value is -3.56. The second-order valence-electron chi connectivity index (χ2n) is 7.25. The van der Waals surface area contributed by atoms with E-state index in [2.05, 4.69) is 25.6 Å². The summed E-state index contributed by atoms with van der Waals surface area (Å²) in [5, 5.41) is 8.56. The van der Waals surface area contributed by atoms with Gasteiger partial charge in [0.1, 0.15) is 0 Å². The van der Waals surface area contributed by atoms with Crippen molar-refractivity contribution in [2.45, 2.75) is 30.3 Å². The molecule has 0 bridgehead atoms. The minimum atomic E-state index is -0.231. The molecule has 2 amide bonds. The minimum absolute atomic E-state index is 0.116. The first-order chi connectivity index (χ1) is 15.9. The lowest BCUT2D eigenvalue weighted by Crippen LogP contribution is -2.15. The van der Waals surface area contributed by atoms with Gasteiger partial charge in [0, 0.05) is 32.9 Å². The summed E-state index contributed by atoms with van der Waals surface area (Å²) in [5.74, 6) is -0.413. The third kappa shape index (κ3) is 6.47. The van der Waals surface area contributed by atoms with Crippen LogP contribution in [0.2, 0.25) is 0 Å². The molecule has 4 rings (SSSR count). The molecule has 0 radical (unpaired) electrons. The van der Waals surface area contributed by atoms with Gasteiger partial charge in [0.15, 0.2) is 10.3 Å². The molecule has 0 saturated heterocycles. The van der Waals surface area contributed by atoms with Crippen LogP contribution >= 0.6 is 23.1 Å². The van der Waals surface area contributed by atoms with Crippen molar-refractivity contribution < 1.29 is 9.59 Å². The highest BCUT2D eigenvalue weighted by Crippen LogP contribution is 2.26. The van der Waals surface area contributed by atoms with Crippen LogP contribution in [0.4, 0.5) is 10.8 Å². The van der Waals surface area contributed by atoms with Gasteiger partial charge in [-0.15, -0.1) is 11.3 Å². The van der Waals surface area contributed by atoms with Gasteiger partial charge >= 0.3 is 0 Å². The Morgan fingerprint density at radius 2 is 1.61 bits per heavy atom. The summed E-state index contributed by atoms with van der Waals surface area (Å²) < 4.78 is 0. The number of nitrogens with zero attached hydrogens (tertiary/aromatic N) is 3. The van der Waals surface area contributed by atoms with E-state index in [1.165, 1.54) is 23.1 Å². The van der Waals surface area contributed by atoms with Gasteiger partial charge in [-0.25, -0.2) is 15.0 Å². The number of anilines is 2. The number of aromatic nitrogens is 3. The highest BCUT2D eigenvalue weighted by molar-refractivity contribution is 7.99. The van der Waals surface area contributed by atoms with Crippen LogP contribution in [0.1, 0.15) is 27.4 Å². The van der Waals surface area contributed by atoms with E-state index in [1.54, 1.807) is 29.6 Å². The quantitative estimate of drug-likeness (QED) is 0.360. The van der Waals surface area contributed by atoms with E-state index >= 15 is 0 Å². The largest absolute Gasteiger partial charge is 0.326 e. The molecular weight excluding hydrogens is 454 g/mol. The molecular formula is C24H21N5O2S2. The lowest BCUT2D eigenvalue weighted by Gasteiger charge is -2.06.